The molecule has 9 heteroatoms. The van der Waals surface area contributed by atoms with Crippen LogP contribution in [0.15, 0.2) is 69.9 Å². The molecule has 29 heavy (non-hydrogen) atoms. The third kappa shape index (κ3) is 3.97. The van der Waals surface area contributed by atoms with E-state index in [4.69, 9.17) is 20.8 Å². The van der Waals surface area contributed by atoms with Crippen molar-refractivity contribution < 1.29 is 22.3 Å². The van der Waals surface area contributed by atoms with E-state index in [0.717, 1.165) is 10.7 Å². The van der Waals surface area contributed by atoms with Crippen LogP contribution in [0.5, 0.6) is 5.75 Å². The van der Waals surface area contributed by atoms with Crippen molar-refractivity contribution in [2.24, 2.45) is 0 Å². The average molecular weight is 421 g/mol. The van der Waals surface area contributed by atoms with Crippen LogP contribution in [0.25, 0.3) is 16.7 Å². The molecule has 4 aromatic rings. The van der Waals surface area contributed by atoms with Crippen LogP contribution in [-0.2, 0) is 12.8 Å². The molecule has 0 saturated carbocycles. The van der Waals surface area contributed by atoms with Gasteiger partial charge in [-0.1, -0.05) is 23.7 Å². The standard InChI is InChI=1S/C20H12ClF3N2O3/c21-15-3-1-2-4-16(15)26-13(9-18(25-26)20(22,23)24)11-28-14-7-5-12-6-8-19(27)29-17(12)10-14/h1-10H,11H2. The van der Waals surface area contributed by atoms with E-state index in [-0.39, 0.29) is 17.3 Å². The predicted octanol–water partition coefficient (Wildman–Crippen LogP) is 5.23. The molecule has 0 spiro atoms. The van der Waals surface area contributed by atoms with E-state index in [9.17, 15) is 18.0 Å². The molecule has 2 aromatic carbocycles. The predicted molar refractivity (Wildman–Crippen MR) is 100 cm³/mol. The smallest absolute Gasteiger partial charge is 0.435 e. The molecule has 2 aromatic heterocycles. The largest absolute Gasteiger partial charge is 0.487 e. The van der Waals surface area contributed by atoms with Crippen LogP contribution in [0.1, 0.15) is 11.4 Å². The first-order valence-electron chi connectivity index (χ1n) is 8.39. The summed E-state index contributed by atoms with van der Waals surface area (Å²) in [5, 5.41) is 4.59. The Bertz CT molecular complexity index is 1250. The molecule has 0 saturated heterocycles. The van der Waals surface area contributed by atoms with Gasteiger partial charge in [0.15, 0.2) is 5.69 Å². The Labute approximate surface area is 166 Å². The fraction of sp³-hybridized carbons (Fsp3) is 0.100. The van der Waals surface area contributed by atoms with E-state index in [2.05, 4.69) is 5.10 Å². The Kier molecular flexibility index (Phi) is 4.79. The summed E-state index contributed by atoms with van der Waals surface area (Å²) < 4.78 is 51.4. The lowest BCUT2D eigenvalue weighted by Gasteiger charge is -2.10. The SMILES string of the molecule is O=c1ccc2ccc(OCc3cc(C(F)(F)F)nn3-c3ccccc3Cl)cc2o1. The lowest BCUT2D eigenvalue weighted by Crippen LogP contribution is -2.08. The summed E-state index contributed by atoms with van der Waals surface area (Å²) in [5.41, 5.74) is -0.805. The first-order valence-corrected chi connectivity index (χ1v) is 8.77. The minimum atomic E-state index is -4.62. The van der Waals surface area contributed by atoms with Crippen LogP contribution in [0, 0.1) is 0 Å². The van der Waals surface area contributed by atoms with Gasteiger partial charge in [0, 0.05) is 17.5 Å². The molecule has 0 fully saturated rings. The summed E-state index contributed by atoms with van der Waals surface area (Å²) >= 11 is 6.13. The molecule has 0 aliphatic rings. The lowest BCUT2D eigenvalue weighted by molar-refractivity contribution is -0.141. The van der Waals surface area contributed by atoms with Gasteiger partial charge in [-0.2, -0.15) is 18.3 Å². The van der Waals surface area contributed by atoms with Gasteiger partial charge in [0.25, 0.3) is 0 Å². The number of para-hydroxylation sites is 1. The maximum Gasteiger partial charge on any atom is 0.435 e. The van der Waals surface area contributed by atoms with Crippen molar-refractivity contribution >= 4 is 22.6 Å². The highest BCUT2D eigenvalue weighted by atomic mass is 35.5. The van der Waals surface area contributed by atoms with Gasteiger partial charge < -0.3 is 9.15 Å². The van der Waals surface area contributed by atoms with Gasteiger partial charge in [-0.25, -0.2) is 9.48 Å². The molecule has 0 radical (unpaired) electrons. The molecule has 0 unspecified atom stereocenters. The highest BCUT2D eigenvalue weighted by Gasteiger charge is 2.35. The molecule has 0 amide bonds. The first kappa shape index (κ1) is 19.1. The van der Waals surface area contributed by atoms with E-state index < -0.39 is 17.5 Å². The van der Waals surface area contributed by atoms with Gasteiger partial charge in [-0.15, -0.1) is 0 Å². The van der Waals surface area contributed by atoms with E-state index in [0.29, 0.717) is 22.4 Å². The maximum absolute atomic E-state index is 13.2. The molecular weight excluding hydrogens is 409 g/mol. The number of fused-ring (bicyclic) bond motifs is 1. The van der Waals surface area contributed by atoms with Crippen molar-refractivity contribution in [3.05, 3.63) is 87.5 Å². The number of halogens is 4. The Morgan fingerprint density at radius 1 is 1.07 bits per heavy atom. The Morgan fingerprint density at radius 3 is 2.59 bits per heavy atom. The number of nitrogens with zero attached hydrogens (tertiary/aromatic N) is 2. The van der Waals surface area contributed by atoms with Crippen molar-refractivity contribution in [2.75, 3.05) is 0 Å². The Balaban J connectivity index is 1.68. The summed E-state index contributed by atoms with van der Waals surface area (Å²) in [6.45, 7) is -0.211. The number of ether oxygens (including phenoxy) is 1. The first-order chi connectivity index (χ1) is 13.8. The normalized spacial score (nSPS) is 11.7. The molecular formula is C20H12ClF3N2O3. The molecule has 0 bridgehead atoms. The van der Waals surface area contributed by atoms with Crippen LogP contribution in [0.2, 0.25) is 5.02 Å². The van der Waals surface area contributed by atoms with E-state index in [1.165, 1.54) is 12.1 Å². The van der Waals surface area contributed by atoms with Crippen LogP contribution >= 0.6 is 11.6 Å². The molecule has 148 valence electrons. The summed E-state index contributed by atoms with van der Waals surface area (Å²) in [6, 6.07) is 15.0. The highest BCUT2D eigenvalue weighted by Crippen LogP contribution is 2.31. The zero-order valence-corrected chi connectivity index (χ0v) is 15.4. The molecule has 2 heterocycles. The Morgan fingerprint density at radius 2 is 1.83 bits per heavy atom. The van der Waals surface area contributed by atoms with Crippen LogP contribution in [0.4, 0.5) is 13.2 Å². The molecule has 4 rings (SSSR count). The lowest BCUT2D eigenvalue weighted by atomic mass is 10.2. The van der Waals surface area contributed by atoms with Crippen LogP contribution in [-0.4, -0.2) is 9.78 Å². The fourth-order valence-electron chi connectivity index (χ4n) is 2.78. The summed E-state index contributed by atoms with van der Waals surface area (Å²) in [7, 11) is 0. The number of rotatable bonds is 4. The zero-order chi connectivity index (χ0) is 20.6. The van der Waals surface area contributed by atoms with Gasteiger partial charge in [0.05, 0.1) is 16.4 Å². The summed E-state index contributed by atoms with van der Waals surface area (Å²) in [5.74, 6) is 0.326. The van der Waals surface area contributed by atoms with Gasteiger partial charge in [0.1, 0.15) is 17.9 Å². The van der Waals surface area contributed by atoms with E-state index in [1.807, 2.05) is 0 Å². The maximum atomic E-state index is 13.2. The van der Waals surface area contributed by atoms with Crippen LogP contribution in [0.3, 0.4) is 0 Å². The fourth-order valence-corrected chi connectivity index (χ4v) is 3.00. The number of aromatic nitrogens is 2. The van der Waals surface area contributed by atoms with E-state index >= 15 is 0 Å². The summed E-state index contributed by atoms with van der Waals surface area (Å²) in [6.07, 6.45) is -4.62. The monoisotopic (exact) mass is 420 g/mol. The van der Waals surface area contributed by atoms with Crippen molar-refractivity contribution in [3.8, 4) is 11.4 Å². The van der Waals surface area contributed by atoms with Crippen molar-refractivity contribution in [2.45, 2.75) is 12.8 Å². The van der Waals surface area contributed by atoms with Crippen molar-refractivity contribution in [1.82, 2.24) is 9.78 Å². The minimum Gasteiger partial charge on any atom is -0.487 e. The van der Waals surface area contributed by atoms with Gasteiger partial charge in [-0.05, 0) is 36.4 Å². The number of benzene rings is 2. The molecule has 0 N–H and O–H groups in total. The van der Waals surface area contributed by atoms with E-state index in [1.54, 1.807) is 42.5 Å². The zero-order valence-electron chi connectivity index (χ0n) is 14.6. The number of hydrogen-bond donors (Lipinski definition) is 0. The second-order valence-electron chi connectivity index (χ2n) is 6.12. The highest BCUT2D eigenvalue weighted by molar-refractivity contribution is 6.32. The van der Waals surface area contributed by atoms with Crippen molar-refractivity contribution in [1.29, 1.82) is 0 Å². The molecule has 0 aliphatic heterocycles. The van der Waals surface area contributed by atoms with Gasteiger partial charge in [-0.3, -0.25) is 0 Å². The third-order valence-corrected chi connectivity index (χ3v) is 4.46. The van der Waals surface area contributed by atoms with Gasteiger partial charge in [0.2, 0.25) is 0 Å². The average Bonchev–Trinajstić information content (AvgIpc) is 3.11. The second-order valence-corrected chi connectivity index (χ2v) is 6.53. The quantitative estimate of drug-likeness (QED) is 0.424. The third-order valence-electron chi connectivity index (χ3n) is 4.14. The number of alkyl halides is 3. The molecule has 0 atom stereocenters. The van der Waals surface area contributed by atoms with Gasteiger partial charge >= 0.3 is 11.8 Å². The summed E-state index contributed by atoms with van der Waals surface area (Å²) in [4.78, 5) is 11.4. The second kappa shape index (κ2) is 7.29. The molecule has 0 aliphatic carbocycles. The Hall–Kier alpha value is -3.26. The topological polar surface area (TPSA) is 57.3 Å². The van der Waals surface area contributed by atoms with Crippen LogP contribution < -0.4 is 10.4 Å². The minimum absolute atomic E-state index is 0.153. The molecule has 5 nitrogen and oxygen atoms in total. The number of hydrogen-bond acceptors (Lipinski definition) is 4. The van der Waals surface area contributed by atoms with Crippen molar-refractivity contribution in [3.63, 3.8) is 0 Å².